The van der Waals surface area contributed by atoms with E-state index in [-0.39, 0.29) is 17.9 Å². The van der Waals surface area contributed by atoms with Crippen molar-refractivity contribution in [3.63, 3.8) is 0 Å². The second-order valence-electron chi connectivity index (χ2n) is 8.48. The summed E-state index contributed by atoms with van der Waals surface area (Å²) < 4.78 is 22.4. The molecule has 8 nitrogen and oxygen atoms in total. The number of carbonyl (C=O) groups excluding carboxylic acids is 2. The molecule has 190 valence electrons. The Morgan fingerprint density at radius 3 is 2.63 bits per heavy atom. The topological polar surface area (TPSA) is 104 Å². The molecule has 3 heterocycles. The van der Waals surface area contributed by atoms with Crippen molar-refractivity contribution < 1.29 is 28.7 Å². The predicted octanol–water partition coefficient (Wildman–Crippen LogP) is 5.62. The highest BCUT2D eigenvalue weighted by molar-refractivity contribution is 7.22. The number of benzene rings is 2. The minimum atomic E-state index is -0.765. The Kier molecular flexibility index (Phi) is 6.96. The summed E-state index contributed by atoms with van der Waals surface area (Å²) >= 11 is 1.35. The van der Waals surface area contributed by atoms with Crippen molar-refractivity contribution in [3.05, 3.63) is 102 Å². The number of imide groups is 1. The number of hydrogen-bond acceptors (Lipinski definition) is 6. The average molecular weight is 530 g/mol. The first-order valence-electron chi connectivity index (χ1n) is 11.6. The average Bonchev–Trinajstić information content (AvgIpc) is 3.32. The van der Waals surface area contributed by atoms with E-state index in [2.05, 4.69) is 15.6 Å². The lowest BCUT2D eigenvalue weighted by molar-refractivity contribution is -0.896. The van der Waals surface area contributed by atoms with Crippen LogP contribution in [0.2, 0.25) is 0 Å². The third-order valence-corrected chi connectivity index (χ3v) is 6.78. The van der Waals surface area contributed by atoms with Gasteiger partial charge in [0.05, 0.1) is 16.6 Å². The molecule has 0 atom stereocenters. The van der Waals surface area contributed by atoms with Gasteiger partial charge in [-0.25, -0.2) is 9.18 Å². The maximum absolute atomic E-state index is 14.9. The molecule has 0 aliphatic carbocycles. The highest BCUT2D eigenvalue weighted by atomic mass is 32.1. The largest absolute Gasteiger partial charge is 0.453 e. The van der Waals surface area contributed by atoms with Gasteiger partial charge in [-0.1, -0.05) is 29.8 Å². The SMILES string of the molecule is Cc1ccc(CC(=O)NC(=O)Nc2ccc(Oc3ccnc4cc(-c5cccc[n+]5O)sc34)c(F)c2)cc1. The number of amides is 3. The molecule has 3 amide bonds. The van der Waals surface area contributed by atoms with E-state index in [9.17, 15) is 19.2 Å². The zero-order chi connectivity index (χ0) is 26.6. The Morgan fingerprint density at radius 1 is 1.05 bits per heavy atom. The zero-order valence-corrected chi connectivity index (χ0v) is 21.0. The van der Waals surface area contributed by atoms with E-state index >= 15 is 0 Å². The number of ether oxygens (including phenoxy) is 1. The maximum atomic E-state index is 14.9. The van der Waals surface area contributed by atoms with E-state index in [1.807, 2.05) is 43.3 Å². The van der Waals surface area contributed by atoms with Crippen LogP contribution in [0.5, 0.6) is 11.5 Å². The monoisotopic (exact) mass is 529 g/mol. The third-order valence-electron chi connectivity index (χ3n) is 5.62. The number of aryl methyl sites for hydroxylation is 1. The minimum Gasteiger partial charge on any atom is -0.453 e. The third kappa shape index (κ3) is 5.60. The molecule has 3 aromatic heterocycles. The lowest BCUT2D eigenvalue weighted by Gasteiger charge is -2.10. The molecule has 0 bridgehead atoms. The summed E-state index contributed by atoms with van der Waals surface area (Å²) in [5.41, 5.74) is 3.22. The van der Waals surface area contributed by atoms with E-state index in [1.165, 1.54) is 29.7 Å². The number of fused-ring (bicyclic) bond motifs is 1. The summed E-state index contributed by atoms with van der Waals surface area (Å²) in [6.45, 7) is 1.94. The molecule has 38 heavy (non-hydrogen) atoms. The Labute approximate surface area is 220 Å². The van der Waals surface area contributed by atoms with Crippen LogP contribution < -0.4 is 20.1 Å². The minimum absolute atomic E-state index is 0.0439. The van der Waals surface area contributed by atoms with Crippen LogP contribution >= 0.6 is 11.3 Å². The molecule has 0 fully saturated rings. The van der Waals surface area contributed by atoms with Crippen molar-refractivity contribution >= 4 is 39.2 Å². The highest BCUT2D eigenvalue weighted by Gasteiger charge is 2.18. The van der Waals surface area contributed by atoms with Crippen molar-refractivity contribution in [2.75, 3.05) is 5.32 Å². The van der Waals surface area contributed by atoms with Crippen LogP contribution in [0.15, 0.2) is 85.2 Å². The molecule has 0 unspecified atom stereocenters. The van der Waals surface area contributed by atoms with Crippen LogP contribution in [0.4, 0.5) is 14.9 Å². The first kappa shape index (κ1) is 24.8. The highest BCUT2D eigenvalue weighted by Crippen LogP contribution is 2.38. The van der Waals surface area contributed by atoms with E-state index < -0.39 is 17.8 Å². The number of thiophene rings is 1. The second-order valence-corrected chi connectivity index (χ2v) is 9.53. The lowest BCUT2D eigenvalue weighted by Crippen LogP contribution is -2.35. The number of anilines is 1. The van der Waals surface area contributed by atoms with Crippen molar-refractivity contribution in [1.29, 1.82) is 0 Å². The van der Waals surface area contributed by atoms with Crippen LogP contribution in [0.1, 0.15) is 11.1 Å². The van der Waals surface area contributed by atoms with E-state index in [0.717, 1.165) is 26.8 Å². The zero-order valence-electron chi connectivity index (χ0n) is 20.1. The summed E-state index contributed by atoms with van der Waals surface area (Å²) in [5, 5.41) is 14.8. The standard InChI is InChI=1S/C28H21FN4O4S/c1-17-5-7-18(8-6-17)14-26(34)32-28(35)31-19-9-10-23(20(29)15-19)37-24-11-12-30-21-16-25(38-27(21)24)22-4-2-3-13-33(22)36/h2-13,15-16H,14H2,1H3,(H2-,30,31,32,34,35,36)/p+1. The van der Waals surface area contributed by atoms with Crippen molar-refractivity contribution in [1.82, 2.24) is 10.3 Å². The molecule has 0 aliphatic rings. The number of aromatic nitrogens is 2. The number of pyridine rings is 2. The molecular formula is C28H22FN4O4S+. The van der Waals surface area contributed by atoms with Gasteiger partial charge in [0.15, 0.2) is 11.6 Å². The molecule has 2 aromatic carbocycles. The first-order chi connectivity index (χ1) is 18.4. The molecule has 3 N–H and O–H groups in total. The normalized spacial score (nSPS) is 10.8. The smallest absolute Gasteiger partial charge is 0.325 e. The molecule has 0 saturated carbocycles. The van der Waals surface area contributed by atoms with Crippen LogP contribution in [-0.2, 0) is 11.2 Å². The number of rotatable bonds is 6. The van der Waals surface area contributed by atoms with Gasteiger partial charge in [-0.15, -0.1) is 11.3 Å². The number of urea groups is 1. The number of hydrogen-bond donors (Lipinski definition) is 3. The van der Waals surface area contributed by atoms with Crippen molar-refractivity contribution in [2.45, 2.75) is 13.3 Å². The molecule has 5 aromatic rings. The number of nitrogens with one attached hydrogen (secondary N) is 2. The van der Waals surface area contributed by atoms with Gasteiger partial charge in [0.25, 0.3) is 5.69 Å². The Balaban J connectivity index is 1.26. The van der Waals surface area contributed by atoms with Crippen LogP contribution in [0.25, 0.3) is 20.8 Å². The molecule has 0 saturated heterocycles. The Hall–Kier alpha value is -4.83. The first-order valence-corrected chi connectivity index (χ1v) is 12.4. The quantitative estimate of drug-likeness (QED) is 0.196. The van der Waals surface area contributed by atoms with E-state index in [4.69, 9.17) is 4.74 Å². The summed E-state index contributed by atoms with van der Waals surface area (Å²) in [7, 11) is 0. The lowest BCUT2D eigenvalue weighted by atomic mass is 10.1. The molecule has 0 radical (unpaired) electrons. The fourth-order valence-electron chi connectivity index (χ4n) is 3.76. The molecule has 10 heteroatoms. The van der Waals surface area contributed by atoms with E-state index in [1.54, 1.807) is 24.4 Å². The van der Waals surface area contributed by atoms with Gasteiger partial charge in [0, 0.05) is 40.9 Å². The summed E-state index contributed by atoms with van der Waals surface area (Å²) in [4.78, 5) is 29.5. The van der Waals surface area contributed by atoms with Gasteiger partial charge < -0.3 is 10.1 Å². The summed E-state index contributed by atoms with van der Waals surface area (Å²) in [6.07, 6.45) is 3.12. The number of nitrogens with zero attached hydrogens (tertiary/aromatic N) is 2. The number of halogens is 1. The fraction of sp³-hybridized carbons (Fsp3) is 0.0714. The van der Waals surface area contributed by atoms with Gasteiger partial charge in [-0.3, -0.25) is 20.3 Å². The molecule has 0 spiro atoms. The summed E-state index contributed by atoms with van der Waals surface area (Å²) in [6, 6.07) is 19.3. The van der Waals surface area contributed by atoms with Crippen molar-refractivity contribution in [2.24, 2.45) is 0 Å². The van der Waals surface area contributed by atoms with Gasteiger partial charge in [-0.2, -0.15) is 0 Å². The van der Waals surface area contributed by atoms with Crippen LogP contribution in [-0.4, -0.2) is 22.1 Å². The van der Waals surface area contributed by atoms with E-state index in [0.29, 0.717) is 21.7 Å². The van der Waals surface area contributed by atoms with Crippen LogP contribution in [0.3, 0.4) is 0 Å². The summed E-state index contributed by atoms with van der Waals surface area (Å²) in [5.74, 6) is -0.839. The van der Waals surface area contributed by atoms with Gasteiger partial charge >= 0.3 is 6.03 Å². The molecule has 0 aliphatic heterocycles. The molecule has 5 rings (SSSR count). The fourth-order valence-corrected chi connectivity index (χ4v) is 4.84. The van der Waals surface area contributed by atoms with Gasteiger partial charge in [-0.05, 0) is 36.8 Å². The second kappa shape index (κ2) is 10.7. The van der Waals surface area contributed by atoms with Gasteiger partial charge in [0.1, 0.15) is 10.6 Å². The Morgan fingerprint density at radius 2 is 1.87 bits per heavy atom. The number of carbonyl (C=O) groups is 2. The maximum Gasteiger partial charge on any atom is 0.325 e. The van der Waals surface area contributed by atoms with Crippen LogP contribution in [0, 0.1) is 12.7 Å². The predicted molar refractivity (Wildman–Crippen MR) is 141 cm³/mol. The molecular weight excluding hydrogens is 507 g/mol. The van der Waals surface area contributed by atoms with Gasteiger partial charge in [0.2, 0.25) is 12.1 Å². The Bertz CT molecular complexity index is 1650. The van der Waals surface area contributed by atoms with Crippen molar-refractivity contribution in [3.8, 4) is 22.1 Å².